The van der Waals surface area contributed by atoms with Crippen molar-refractivity contribution in [2.24, 2.45) is 10.7 Å². The number of para-hydroxylation sites is 3. The van der Waals surface area contributed by atoms with Gasteiger partial charge in [-0.25, -0.2) is 0 Å². The number of aliphatic imine (C=N–C) groups is 1. The van der Waals surface area contributed by atoms with Crippen molar-refractivity contribution in [2.45, 2.75) is 4.17 Å². The number of nitrogens with zero attached hydrogens (tertiary/aromatic N) is 3. The van der Waals surface area contributed by atoms with Crippen LogP contribution in [0.2, 0.25) is 0 Å². The van der Waals surface area contributed by atoms with Gasteiger partial charge in [0.15, 0.2) is 4.17 Å². The Morgan fingerprint density at radius 2 is 1.42 bits per heavy atom. The van der Waals surface area contributed by atoms with Gasteiger partial charge in [0.05, 0.1) is 22.1 Å². The maximum absolute atomic E-state index is 5.50. The highest BCUT2D eigenvalue weighted by atomic mass is 127. The summed E-state index contributed by atoms with van der Waals surface area (Å²) in [6.45, 7) is 0. The van der Waals surface area contributed by atoms with Gasteiger partial charge in [0, 0.05) is 33.4 Å². The third kappa shape index (κ3) is 3.07. The SMILES string of the molecule is N/C=C\C=N/C(I)n1c2ccccc2c2c3c(ccc21)c1ccccc1n3-c1ccccc1. The van der Waals surface area contributed by atoms with Crippen LogP contribution in [0, 0.1) is 0 Å². The van der Waals surface area contributed by atoms with E-state index in [0.717, 1.165) is 16.7 Å². The third-order valence-electron chi connectivity index (χ3n) is 6.14. The molecule has 4 nitrogen and oxygen atoms in total. The molecule has 160 valence electrons. The molecule has 0 saturated carbocycles. The first kappa shape index (κ1) is 20.1. The van der Waals surface area contributed by atoms with Gasteiger partial charge in [0.2, 0.25) is 0 Å². The van der Waals surface area contributed by atoms with Gasteiger partial charge in [0.1, 0.15) is 0 Å². The summed E-state index contributed by atoms with van der Waals surface area (Å²) in [5.41, 5.74) is 11.4. The largest absolute Gasteiger partial charge is 0.405 e. The fourth-order valence-corrected chi connectivity index (χ4v) is 5.64. The lowest BCUT2D eigenvalue weighted by Gasteiger charge is -2.11. The number of aromatic nitrogens is 2. The number of hydrogen-bond acceptors (Lipinski definition) is 2. The van der Waals surface area contributed by atoms with E-state index in [1.165, 1.54) is 38.8 Å². The van der Waals surface area contributed by atoms with Crippen LogP contribution in [0.25, 0.3) is 49.3 Å². The van der Waals surface area contributed by atoms with Crippen LogP contribution in [0.15, 0.2) is 108 Å². The second-order valence-corrected chi connectivity index (χ2v) is 9.04. The normalized spacial score (nSPS) is 13.4. The Bertz CT molecular complexity index is 1690. The number of rotatable bonds is 4. The van der Waals surface area contributed by atoms with E-state index in [0.29, 0.717) is 0 Å². The van der Waals surface area contributed by atoms with Crippen molar-refractivity contribution in [3.05, 3.63) is 103 Å². The molecular weight excluding hydrogens is 519 g/mol. The summed E-state index contributed by atoms with van der Waals surface area (Å²) in [6.07, 6.45) is 5.02. The standard InChI is InChI=1S/C28H21IN4/c29-28(31-18-8-17-30)33-24-14-7-5-12-22(24)26-25(33)16-15-21-20-11-4-6-13-23(20)32(27(21)26)19-9-2-1-3-10-19/h1-18,28H,30H2/b17-8-,31-18-. The number of hydrogen-bond donors (Lipinski definition) is 1. The number of allylic oxidation sites excluding steroid dienone is 1. The van der Waals surface area contributed by atoms with Crippen LogP contribution in [-0.2, 0) is 0 Å². The van der Waals surface area contributed by atoms with Crippen LogP contribution in [0.3, 0.4) is 0 Å². The van der Waals surface area contributed by atoms with Crippen molar-refractivity contribution in [3.63, 3.8) is 0 Å². The van der Waals surface area contributed by atoms with Gasteiger partial charge in [-0.2, -0.15) is 0 Å². The molecule has 0 amide bonds. The van der Waals surface area contributed by atoms with E-state index >= 15 is 0 Å². The molecule has 0 bridgehead atoms. The predicted molar refractivity (Wildman–Crippen MR) is 149 cm³/mol. The first-order chi connectivity index (χ1) is 16.3. The first-order valence-electron chi connectivity index (χ1n) is 10.8. The Labute approximate surface area is 204 Å². The molecule has 1 atom stereocenters. The minimum Gasteiger partial charge on any atom is -0.405 e. The van der Waals surface area contributed by atoms with E-state index in [2.05, 4.69) is 123 Å². The van der Waals surface area contributed by atoms with Gasteiger partial charge in [-0.3, -0.25) is 4.99 Å². The van der Waals surface area contributed by atoms with Gasteiger partial charge in [-0.05, 0) is 65.2 Å². The average Bonchev–Trinajstić information content (AvgIpc) is 3.37. The molecule has 6 aromatic rings. The molecule has 2 aromatic heterocycles. The average molecular weight is 540 g/mol. The van der Waals surface area contributed by atoms with E-state index in [9.17, 15) is 0 Å². The third-order valence-corrected chi connectivity index (χ3v) is 7.02. The zero-order valence-electron chi connectivity index (χ0n) is 17.8. The highest BCUT2D eigenvalue weighted by molar-refractivity contribution is 14.1. The lowest BCUT2D eigenvalue weighted by molar-refractivity contribution is 0.803. The van der Waals surface area contributed by atoms with Crippen molar-refractivity contribution < 1.29 is 0 Å². The van der Waals surface area contributed by atoms with Crippen LogP contribution >= 0.6 is 22.6 Å². The molecule has 33 heavy (non-hydrogen) atoms. The lowest BCUT2D eigenvalue weighted by atomic mass is 10.1. The second kappa shape index (κ2) is 8.08. The fraction of sp³-hybridized carbons (Fsp3) is 0.0357. The number of nitrogens with two attached hydrogens (primary N) is 1. The summed E-state index contributed by atoms with van der Waals surface area (Å²) in [6, 6.07) is 32.3. The van der Waals surface area contributed by atoms with Crippen LogP contribution in [0.4, 0.5) is 0 Å². The summed E-state index contributed by atoms with van der Waals surface area (Å²) >= 11 is 2.38. The van der Waals surface area contributed by atoms with Crippen molar-refractivity contribution in [1.29, 1.82) is 0 Å². The van der Waals surface area contributed by atoms with Gasteiger partial charge in [-0.15, -0.1) is 0 Å². The summed E-state index contributed by atoms with van der Waals surface area (Å²) in [5.74, 6) is 0. The molecule has 2 N–H and O–H groups in total. The molecule has 5 heteroatoms. The molecule has 0 radical (unpaired) electrons. The Hall–Kier alpha value is -3.58. The summed E-state index contributed by atoms with van der Waals surface area (Å²) in [5, 5.41) is 4.98. The van der Waals surface area contributed by atoms with Gasteiger partial charge in [0.25, 0.3) is 0 Å². The van der Waals surface area contributed by atoms with E-state index in [1.807, 2.05) is 0 Å². The van der Waals surface area contributed by atoms with Crippen molar-refractivity contribution in [2.75, 3.05) is 0 Å². The van der Waals surface area contributed by atoms with Crippen LogP contribution in [0.5, 0.6) is 0 Å². The van der Waals surface area contributed by atoms with E-state index in [4.69, 9.17) is 10.7 Å². The molecule has 0 aliphatic rings. The topological polar surface area (TPSA) is 48.2 Å². The van der Waals surface area contributed by atoms with Crippen LogP contribution < -0.4 is 5.73 Å². The molecule has 1 unspecified atom stereocenters. The van der Waals surface area contributed by atoms with E-state index in [1.54, 1.807) is 12.3 Å². The Kier molecular flexibility index (Phi) is 4.91. The molecular formula is C28H21IN4. The quantitative estimate of drug-likeness (QED) is 0.108. The van der Waals surface area contributed by atoms with E-state index < -0.39 is 0 Å². The molecule has 0 aliphatic carbocycles. The number of benzene rings is 4. The van der Waals surface area contributed by atoms with Crippen molar-refractivity contribution >= 4 is 72.4 Å². The highest BCUT2D eigenvalue weighted by Gasteiger charge is 2.21. The number of alkyl halides is 1. The number of fused-ring (bicyclic) bond motifs is 7. The second-order valence-electron chi connectivity index (χ2n) is 7.92. The number of halogens is 1. The van der Waals surface area contributed by atoms with Crippen LogP contribution in [0.1, 0.15) is 4.17 Å². The Morgan fingerprint density at radius 3 is 2.21 bits per heavy atom. The molecule has 0 aliphatic heterocycles. The molecule has 4 aromatic carbocycles. The smallest absolute Gasteiger partial charge is 0.177 e. The molecule has 0 saturated heterocycles. The zero-order valence-corrected chi connectivity index (χ0v) is 19.9. The van der Waals surface area contributed by atoms with Gasteiger partial charge in [-0.1, -0.05) is 60.7 Å². The molecule has 2 heterocycles. The zero-order chi connectivity index (χ0) is 22.4. The summed E-state index contributed by atoms with van der Waals surface area (Å²) < 4.78 is 4.60. The maximum Gasteiger partial charge on any atom is 0.177 e. The van der Waals surface area contributed by atoms with Crippen molar-refractivity contribution in [1.82, 2.24) is 9.13 Å². The maximum atomic E-state index is 5.50. The van der Waals surface area contributed by atoms with Gasteiger partial charge < -0.3 is 14.9 Å². The molecule has 6 rings (SSSR count). The van der Waals surface area contributed by atoms with Gasteiger partial charge >= 0.3 is 0 Å². The lowest BCUT2D eigenvalue weighted by Crippen LogP contribution is -1.99. The Balaban J connectivity index is 1.82. The monoisotopic (exact) mass is 540 g/mol. The van der Waals surface area contributed by atoms with Crippen LogP contribution in [-0.4, -0.2) is 15.3 Å². The highest BCUT2D eigenvalue weighted by Crippen LogP contribution is 2.42. The first-order valence-corrected chi connectivity index (χ1v) is 12.1. The molecule has 0 fully saturated rings. The van der Waals surface area contributed by atoms with E-state index in [-0.39, 0.29) is 4.17 Å². The Morgan fingerprint density at radius 1 is 0.727 bits per heavy atom. The fourth-order valence-electron chi connectivity index (χ4n) is 4.85. The van der Waals surface area contributed by atoms with Crippen molar-refractivity contribution in [3.8, 4) is 5.69 Å². The minimum atomic E-state index is -0.104. The summed E-state index contributed by atoms with van der Waals surface area (Å²) in [4.78, 5) is 4.71. The summed E-state index contributed by atoms with van der Waals surface area (Å²) in [7, 11) is 0. The minimum absolute atomic E-state index is 0.104. The molecule has 0 spiro atoms. The predicted octanol–water partition coefficient (Wildman–Crippen LogP) is 7.33.